The first-order valence-electron chi connectivity index (χ1n) is 6.19. The summed E-state index contributed by atoms with van der Waals surface area (Å²) in [7, 11) is 0. The number of carbonyl (C=O) groups excluding carboxylic acids is 2. The number of aromatic nitrogens is 3. The highest BCUT2D eigenvalue weighted by Gasteiger charge is 2.10. The Kier molecular flexibility index (Phi) is 6.14. The number of nitrogens with zero attached hydrogens (tertiary/aromatic N) is 3. The zero-order valence-electron chi connectivity index (χ0n) is 11.1. The standard InChI is InChI=1S/C11H17N5O4/c1-2-4-12-9(17)3-5-13-10(18)7-16-6-8(11(19)20)14-15-16/h6H,2-5,7H2,1H3,(H,12,17)(H,13,18)(H,19,20). The van der Waals surface area contributed by atoms with Crippen molar-refractivity contribution in [1.82, 2.24) is 25.6 Å². The van der Waals surface area contributed by atoms with Crippen molar-refractivity contribution in [3.05, 3.63) is 11.9 Å². The molecule has 2 amide bonds. The quantitative estimate of drug-likeness (QED) is 0.562. The lowest BCUT2D eigenvalue weighted by atomic mass is 10.3. The number of aromatic carboxylic acids is 1. The molecule has 0 aliphatic carbocycles. The van der Waals surface area contributed by atoms with Gasteiger partial charge >= 0.3 is 5.97 Å². The fourth-order valence-corrected chi connectivity index (χ4v) is 1.34. The summed E-state index contributed by atoms with van der Waals surface area (Å²) in [4.78, 5) is 33.3. The summed E-state index contributed by atoms with van der Waals surface area (Å²) in [6.07, 6.45) is 2.22. The van der Waals surface area contributed by atoms with Gasteiger partial charge in [0.25, 0.3) is 0 Å². The first-order chi connectivity index (χ1) is 9.52. The minimum atomic E-state index is -1.20. The smallest absolute Gasteiger partial charge is 0.358 e. The van der Waals surface area contributed by atoms with E-state index in [9.17, 15) is 14.4 Å². The predicted octanol–water partition coefficient (Wildman–Crippen LogP) is -0.991. The van der Waals surface area contributed by atoms with Gasteiger partial charge in [0.05, 0.1) is 6.20 Å². The minimum Gasteiger partial charge on any atom is -0.476 e. The van der Waals surface area contributed by atoms with Gasteiger partial charge in [0, 0.05) is 19.5 Å². The molecule has 1 aromatic rings. The van der Waals surface area contributed by atoms with Gasteiger partial charge in [0.2, 0.25) is 11.8 Å². The molecule has 1 rings (SSSR count). The Morgan fingerprint density at radius 2 is 1.95 bits per heavy atom. The Labute approximate surface area is 115 Å². The molecule has 1 aromatic heterocycles. The zero-order valence-corrected chi connectivity index (χ0v) is 11.1. The molecule has 0 aromatic carbocycles. The third kappa shape index (κ3) is 5.46. The predicted molar refractivity (Wildman–Crippen MR) is 67.9 cm³/mol. The first-order valence-corrected chi connectivity index (χ1v) is 6.19. The van der Waals surface area contributed by atoms with Crippen molar-refractivity contribution in [1.29, 1.82) is 0 Å². The second-order valence-electron chi connectivity index (χ2n) is 4.06. The molecule has 0 aliphatic heterocycles. The average molecular weight is 283 g/mol. The Morgan fingerprint density at radius 1 is 1.25 bits per heavy atom. The van der Waals surface area contributed by atoms with Crippen molar-refractivity contribution in [2.45, 2.75) is 26.3 Å². The van der Waals surface area contributed by atoms with Crippen LogP contribution in [0.1, 0.15) is 30.3 Å². The number of amides is 2. The summed E-state index contributed by atoms with van der Waals surface area (Å²) in [6.45, 7) is 2.64. The molecule has 0 bridgehead atoms. The Morgan fingerprint density at radius 3 is 2.55 bits per heavy atom. The molecule has 20 heavy (non-hydrogen) atoms. The number of nitrogens with one attached hydrogen (secondary N) is 2. The van der Waals surface area contributed by atoms with Crippen LogP contribution in [-0.2, 0) is 16.1 Å². The number of carbonyl (C=O) groups is 3. The van der Waals surface area contributed by atoms with E-state index in [1.54, 1.807) is 0 Å². The molecule has 1 heterocycles. The maximum atomic E-state index is 11.5. The molecule has 0 aliphatic rings. The topological polar surface area (TPSA) is 126 Å². The van der Waals surface area contributed by atoms with Gasteiger partial charge in [-0.15, -0.1) is 5.10 Å². The highest BCUT2D eigenvalue weighted by atomic mass is 16.4. The van der Waals surface area contributed by atoms with Gasteiger partial charge in [0.15, 0.2) is 5.69 Å². The van der Waals surface area contributed by atoms with Crippen LogP contribution >= 0.6 is 0 Å². The Balaban J connectivity index is 2.26. The summed E-state index contributed by atoms with van der Waals surface area (Å²) in [5.74, 6) is -1.69. The monoisotopic (exact) mass is 283 g/mol. The van der Waals surface area contributed by atoms with Gasteiger partial charge in [-0.25, -0.2) is 9.48 Å². The summed E-state index contributed by atoms with van der Waals surface area (Å²) in [5.41, 5.74) is -0.225. The van der Waals surface area contributed by atoms with E-state index in [1.165, 1.54) is 0 Å². The molecule has 9 nitrogen and oxygen atoms in total. The fraction of sp³-hybridized carbons (Fsp3) is 0.545. The van der Waals surface area contributed by atoms with Gasteiger partial charge in [-0.2, -0.15) is 0 Å². The second kappa shape index (κ2) is 7.87. The molecule has 0 fully saturated rings. The van der Waals surface area contributed by atoms with Crippen LogP contribution in [0.15, 0.2) is 6.20 Å². The number of hydrogen-bond acceptors (Lipinski definition) is 5. The van der Waals surface area contributed by atoms with Crippen LogP contribution in [0.4, 0.5) is 0 Å². The molecular weight excluding hydrogens is 266 g/mol. The maximum Gasteiger partial charge on any atom is 0.358 e. The number of carboxylic acids is 1. The van der Waals surface area contributed by atoms with Crippen molar-refractivity contribution >= 4 is 17.8 Å². The zero-order chi connectivity index (χ0) is 15.0. The van der Waals surface area contributed by atoms with Crippen LogP contribution in [0, 0.1) is 0 Å². The molecule has 3 N–H and O–H groups in total. The normalized spacial score (nSPS) is 10.1. The van der Waals surface area contributed by atoms with Crippen LogP contribution in [0.25, 0.3) is 0 Å². The summed E-state index contributed by atoms with van der Waals surface area (Å²) in [6, 6.07) is 0. The summed E-state index contributed by atoms with van der Waals surface area (Å²) >= 11 is 0. The minimum absolute atomic E-state index is 0.124. The molecule has 110 valence electrons. The SMILES string of the molecule is CCCNC(=O)CCNC(=O)Cn1cc(C(=O)O)nn1. The molecule has 0 saturated carbocycles. The van der Waals surface area contributed by atoms with Crippen LogP contribution in [0.3, 0.4) is 0 Å². The molecule has 0 radical (unpaired) electrons. The third-order valence-corrected chi connectivity index (χ3v) is 2.31. The van der Waals surface area contributed by atoms with Crippen LogP contribution in [-0.4, -0.2) is 51.0 Å². The molecular formula is C11H17N5O4. The number of rotatable bonds is 8. The van der Waals surface area contributed by atoms with Crippen LogP contribution < -0.4 is 10.6 Å². The van der Waals surface area contributed by atoms with Crippen LogP contribution in [0.5, 0.6) is 0 Å². The third-order valence-electron chi connectivity index (χ3n) is 2.31. The van der Waals surface area contributed by atoms with Gasteiger partial charge in [-0.3, -0.25) is 9.59 Å². The van der Waals surface area contributed by atoms with E-state index >= 15 is 0 Å². The lowest BCUT2D eigenvalue weighted by molar-refractivity contribution is -0.122. The van der Waals surface area contributed by atoms with E-state index in [1.807, 2.05) is 6.92 Å². The van der Waals surface area contributed by atoms with Gasteiger partial charge in [-0.05, 0) is 6.42 Å². The highest BCUT2D eigenvalue weighted by molar-refractivity contribution is 5.84. The molecule has 0 spiro atoms. The van der Waals surface area contributed by atoms with E-state index in [4.69, 9.17) is 5.11 Å². The van der Waals surface area contributed by atoms with Gasteiger partial charge in [0.1, 0.15) is 6.54 Å². The van der Waals surface area contributed by atoms with Crippen molar-refractivity contribution in [2.75, 3.05) is 13.1 Å². The number of hydrogen-bond donors (Lipinski definition) is 3. The maximum absolute atomic E-state index is 11.5. The average Bonchev–Trinajstić information content (AvgIpc) is 2.85. The Bertz CT molecular complexity index is 485. The van der Waals surface area contributed by atoms with E-state index in [2.05, 4.69) is 20.9 Å². The van der Waals surface area contributed by atoms with E-state index in [0.29, 0.717) is 6.54 Å². The fourth-order valence-electron chi connectivity index (χ4n) is 1.34. The van der Waals surface area contributed by atoms with Crippen molar-refractivity contribution < 1.29 is 19.5 Å². The van der Waals surface area contributed by atoms with Crippen molar-refractivity contribution in [2.24, 2.45) is 0 Å². The molecule has 0 saturated heterocycles. The summed E-state index contributed by atoms with van der Waals surface area (Å²) in [5, 5.41) is 20.8. The van der Waals surface area contributed by atoms with Gasteiger partial charge < -0.3 is 15.7 Å². The first kappa shape index (κ1) is 15.6. The lowest BCUT2D eigenvalue weighted by Gasteiger charge is -2.05. The van der Waals surface area contributed by atoms with Crippen molar-refractivity contribution in [3.8, 4) is 0 Å². The number of carboxylic acid groups (broad SMARTS) is 1. The van der Waals surface area contributed by atoms with Crippen LogP contribution in [0.2, 0.25) is 0 Å². The second-order valence-corrected chi connectivity index (χ2v) is 4.06. The van der Waals surface area contributed by atoms with Crippen molar-refractivity contribution in [3.63, 3.8) is 0 Å². The Hall–Kier alpha value is -2.45. The molecule has 0 unspecified atom stereocenters. The van der Waals surface area contributed by atoms with E-state index in [0.717, 1.165) is 17.3 Å². The van der Waals surface area contributed by atoms with E-state index in [-0.39, 0.29) is 37.0 Å². The molecule has 0 atom stereocenters. The highest BCUT2D eigenvalue weighted by Crippen LogP contribution is 1.92. The van der Waals surface area contributed by atoms with E-state index < -0.39 is 5.97 Å². The summed E-state index contributed by atoms with van der Waals surface area (Å²) < 4.78 is 1.12. The largest absolute Gasteiger partial charge is 0.476 e. The lowest BCUT2D eigenvalue weighted by Crippen LogP contribution is -2.32. The molecule has 9 heteroatoms. The van der Waals surface area contributed by atoms with Gasteiger partial charge in [-0.1, -0.05) is 12.1 Å².